The van der Waals surface area contributed by atoms with Crippen molar-refractivity contribution in [3.63, 3.8) is 0 Å². The maximum Gasteiger partial charge on any atom is 0.130 e. The zero-order valence-corrected chi connectivity index (χ0v) is 10.0. The summed E-state index contributed by atoms with van der Waals surface area (Å²) >= 11 is 0. The number of carbonyl (C=O) groups excluding carboxylic acids is 2. The van der Waals surface area contributed by atoms with Crippen molar-refractivity contribution < 1.29 is 14.3 Å². The smallest absolute Gasteiger partial charge is 0.130 e. The molecule has 3 nitrogen and oxygen atoms in total. The van der Waals surface area contributed by atoms with Crippen LogP contribution in [0.1, 0.15) is 25.3 Å². The van der Waals surface area contributed by atoms with Crippen LogP contribution in [0.2, 0.25) is 0 Å². The first-order valence-corrected chi connectivity index (χ1v) is 5.86. The minimum Gasteiger partial charge on any atom is -0.374 e. The third-order valence-corrected chi connectivity index (χ3v) is 2.67. The van der Waals surface area contributed by atoms with Crippen LogP contribution < -0.4 is 0 Å². The summed E-state index contributed by atoms with van der Waals surface area (Å²) in [5, 5.41) is 0. The van der Waals surface area contributed by atoms with Crippen LogP contribution in [0.3, 0.4) is 0 Å². The second-order valence-corrected chi connectivity index (χ2v) is 4.00. The van der Waals surface area contributed by atoms with E-state index in [1.165, 1.54) is 0 Å². The number of benzene rings is 1. The standard InChI is InChI=1S/C14H18O3/c1-2-14(8-13(9-15)10-16)17-11-12-6-4-3-5-7-12/h3-7,9-10,13-14H,2,8,11H2,1H3. The Morgan fingerprint density at radius 3 is 2.35 bits per heavy atom. The largest absolute Gasteiger partial charge is 0.374 e. The molecule has 3 heteroatoms. The topological polar surface area (TPSA) is 43.4 Å². The molecule has 0 radical (unpaired) electrons. The minimum absolute atomic E-state index is 0.0457. The Morgan fingerprint density at radius 2 is 1.82 bits per heavy atom. The first-order valence-electron chi connectivity index (χ1n) is 5.86. The first kappa shape index (κ1) is 13.6. The molecule has 0 aromatic heterocycles. The summed E-state index contributed by atoms with van der Waals surface area (Å²) < 4.78 is 5.69. The molecule has 0 saturated carbocycles. The van der Waals surface area contributed by atoms with Gasteiger partial charge in [-0.3, -0.25) is 0 Å². The maximum atomic E-state index is 10.6. The van der Waals surface area contributed by atoms with Crippen molar-refractivity contribution in [1.29, 1.82) is 0 Å². The van der Waals surface area contributed by atoms with Crippen LogP contribution in [0.25, 0.3) is 0 Å². The summed E-state index contributed by atoms with van der Waals surface area (Å²) in [4.78, 5) is 21.1. The van der Waals surface area contributed by atoms with Gasteiger partial charge in [-0.05, 0) is 18.4 Å². The zero-order valence-electron chi connectivity index (χ0n) is 10.0. The molecule has 0 saturated heterocycles. The lowest BCUT2D eigenvalue weighted by Crippen LogP contribution is -2.18. The van der Waals surface area contributed by atoms with E-state index < -0.39 is 5.92 Å². The highest BCUT2D eigenvalue weighted by Crippen LogP contribution is 2.12. The Kier molecular flexibility index (Phi) is 6.18. The van der Waals surface area contributed by atoms with Gasteiger partial charge in [0.2, 0.25) is 0 Å². The van der Waals surface area contributed by atoms with E-state index >= 15 is 0 Å². The van der Waals surface area contributed by atoms with Crippen molar-refractivity contribution in [2.24, 2.45) is 5.92 Å². The molecule has 0 aliphatic heterocycles. The van der Waals surface area contributed by atoms with Crippen molar-refractivity contribution in [3.8, 4) is 0 Å². The van der Waals surface area contributed by atoms with Gasteiger partial charge in [0, 0.05) is 0 Å². The summed E-state index contributed by atoms with van der Waals surface area (Å²) in [5.74, 6) is -0.546. The van der Waals surface area contributed by atoms with Crippen LogP contribution in [0.15, 0.2) is 30.3 Å². The molecule has 1 atom stereocenters. The van der Waals surface area contributed by atoms with Gasteiger partial charge in [0.1, 0.15) is 12.6 Å². The van der Waals surface area contributed by atoms with Gasteiger partial charge in [-0.25, -0.2) is 0 Å². The van der Waals surface area contributed by atoms with E-state index in [-0.39, 0.29) is 6.10 Å². The molecule has 0 spiro atoms. The average Bonchev–Trinajstić information content (AvgIpc) is 2.40. The quantitative estimate of drug-likeness (QED) is 0.512. The van der Waals surface area contributed by atoms with Gasteiger partial charge in [0.05, 0.1) is 18.6 Å². The van der Waals surface area contributed by atoms with Crippen molar-refractivity contribution in [2.45, 2.75) is 32.5 Å². The van der Waals surface area contributed by atoms with E-state index in [1.54, 1.807) is 0 Å². The minimum atomic E-state index is -0.546. The summed E-state index contributed by atoms with van der Waals surface area (Å²) in [6.45, 7) is 2.51. The molecule has 0 aliphatic carbocycles. The number of hydrogen-bond donors (Lipinski definition) is 0. The van der Waals surface area contributed by atoms with E-state index in [0.29, 0.717) is 25.6 Å². The van der Waals surface area contributed by atoms with Crippen LogP contribution in [0.5, 0.6) is 0 Å². The highest BCUT2D eigenvalue weighted by atomic mass is 16.5. The second kappa shape index (κ2) is 7.74. The van der Waals surface area contributed by atoms with E-state index in [2.05, 4.69) is 0 Å². The summed E-state index contributed by atoms with van der Waals surface area (Å²) in [5.41, 5.74) is 1.10. The molecule has 0 bridgehead atoms. The highest BCUT2D eigenvalue weighted by Gasteiger charge is 2.14. The van der Waals surface area contributed by atoms with Gasteiger partial charge in [-0.1, -0.05) is 37.3 Å². The molecular weight excluding hydrogens is 216 g/mol. The molecule has 17 heavy (non-hydrogen) atoms. The molecule has 0 aliphatic rings. The Balaban J connectivity index is 2.42. The van der Waals surface area contributed by atoms with Crippen molar-refractivity contribution in [3.05, 3.63) is 35.9 Å². The Hall–Kier alpha value is -1.48. The maximum absolute atomic E-state index is 10.6. The van der Waals surface area contributed by atoms with Crippen molar-refractivity contribution in [1.82, 2.24) is 0 Å². The molecule has 1 rings (SSSR count). The van der Waals surface area contributed by atoms with Crippen LogP contribution in [-0.4, -0.2) is 18.7 Å². The molecule has 92 valence electrons. The number of ether oxygens (including phenoxy) is 1. The molecule has 1 unspecified atom stereocenters. The SMILES string of the molecule is CCC(CC(C=O)C=O)OCc1ccccc1. The summed E-state index contributed by atoms with van der Waals surface area (Å²) in [6, 6.07) is 9.85. The van der Waals surface area contributed by atoms with Crippen molar-refractivity contribution in [2.75, 3.05) is 0 Å². The van der Waals surface area contributed by atoms with E-state index in [0.717, 1.165) is 12.0 Å². The van der Waals surface area contributed by atoms with Gasteiger partial charge in [0.25, 0.3) is 0 Å². The fourth-order valence-electron chi connectivity index (χ4n) is 1.59. The number of hydrogen-bond acceptors (Lipinski definition) is 3. The summed E-state index contributed by atoms with van der Waals surface area (Å²) in [7, 11) is 0. The second-order valence-electron chi connectivity index (χ2n) is 4.00. The monoisotopic (exact) mass is 234 g/mol. The number of carbonyl (C=O) groups is 2. The van der Waals surface area contributed by atoms with Gasteiger partial charge in [-0.15, -0.1) is 0 Å². The van der Waals surface area contributed by atoms with Crippen LogP contribution >= 0.6 is 0 Å². The van der Waals surface area contributed by atoms with Gasteiger partial charge in [-0.2, -0.15) is 0 Å². The predicted molar refractivity (Wildman–Crippen MR) is 65.5 cm³/mol. The molecule has 1 aromatic carbocycles. The van der Waals surface area contributed by atoms with Gasteiger partial charge < -0.3 is 14.3 Å². The lowest BCUT2D eigenvalue weighted by molar-refractivity contribution is -0.121. The molecular formula is C14H18O3. The molecule has 0 heterocycles. The zero-order chi connectivity index (χ0) is 12.5. The van der Waals surface area contributed by atoms with E-state index in [9.17, 15) is 9.59 Å². The lowest BCUT2D eigenvalue weighted by Gasteiger charge is -2.17. The lowest BCUT2D eigenvalue weighted by atomic mass is 10.0. The highest BCUT2D eigenvalue weighted by molar-refractivity contribution is 5.77. The molecule has 1 aromatic rings. The fourth-order valence-corrected chi connectivity index (χ4v) is 1.59. The summed E-state index contributed by atoms with van der Waals surface area (Å²) in [6.07, 6.45) is 2.58. The van der Waals surface area contributed by atoms with Crippen LogP contribution in [0.4, 0.5) is 0 Å². The Morgan fingerprint density at radius 1 is 1.18 bits per heavy atom. The van der Waals surface area contributed by atoms with Crippen molar-refractivity contribution >= 4 is 12.6 Å². The molecule has 0 N–H and O–H groups in total. The molecule has 0 fully saturated rings. The van der Waals surface area contributed by atoms with Crippen LogP contribution in [-0.2, 0) is 20.9 Å². The third kappa shape index (κ3) is 4.91. The van der Waals surface area contributed by atoms with Gasteiger partial charge >= 0.3 is 0 Å². The van der Waals surface area contributed by atoms with E-state index in [1.807, 2.05) is 37.3 Å². The molecule has 0 amide bonds. The fraction of sp³-hybridized carbons (Fsp3) is 0.429. The third-order valence-electron chi connectivity index (χ3n) is 2.67. The van der Waals surface area contributed by atoms with E-state index in [4.69, 9.17) is 4.74 Å². The van der Waals surface area contributed by atoms with Crippen LogP contribution in [0, 0.1) is 5.92 Å². The average molecular weight is 234 g/mol. The number of rotatable bonds is 8. The number of aldehydes is 2. The van der Waals surface area contributed by atoms with Gasteiger partial charge in [0.15, 0.2) is 0 Å². The Bertz CT molecular complexity index is 327. The Labute approximate surface area is 102 Å². The first-order chi connectivity index (χ1) is 8.30. The normalized spacial score (nSPS) is 12.4. The predicted octanol–water partition coefficient (Wildman–Crippen LogP) is 2.39.